The van der Waals surface area contributed by atoms with Crippen LogP contribution in [0.5, 0.6) is 0 Å². The van der Waals surface area contributed by atoms with Crippen molar-refractivity contribution in [3.8, 4) is 0 Å². The Balaban J connectivity index is 2.40. The second-order valence-corrected chi connectivity index (χ2v) is 4.95. The van der Waals surface area contributed by atoms with Crippen LogP contribution in [0.25, 0.3) is 0 Å². The van der Waals surface area contributed by atoms with Crippen molar-refractivity contribution >= 4 is 51.8 Å². The van der Waals surface area contributed by atoms with Gasteiger partial charge in [-0.15, -0.1) is 0 Å². The van der Waals surface area contributed by atoms with Crippen molar-refractivity contribution in [3.05, 3.63) is 58.1 Å². The second-order valence-electron chi connectivity index (χ2n) is 3.66. The number of halogens is 2. The van der Waals surface area contributed by atoms with Crippen LogP contribution in [-0.4, -0.2) is 4.99 Å². The molecule has 5 heteroatoms. The van der Waals surface area contributed by atoms with Crippen LogP contribution in [0.4, 0.5) is 11.4 Å². The fraction of sp³-hybridized carbons (Fsp3) is 0. The lowest BCUT2D eigenvalue weighted by atomic mass is 10.1. The van der Waals surface area contributed by atoms with Gasteiger partial charge in [-0.05, 0) is 30.3 Å². The first-order valence-corrected chi connectivity index (χ1v) is 6.35. The third-order valence-corrected chi connectivity index (χ3v) is 3.12. The van der Waals surface area contributed by atoms with Gasteiger partial charge in [-0.25, -0.2) is 0 Å². The molecule has 0 atom stereocenters. The molecule has 18 heavy (non-hydrogen) atoms. The highest BCUT2D eigenvalue weighted by molar-refractivity contribution is 7.80. The Hall–Kier alpha value is -1.29. The van der Waals surface area contributed by atoms with Crippen molar-refractivity contribution < 1.29 is 0 Å². The first-order chi connectivity index (χ1) is 8.58. The summed E-state index contributed by atoms with van der Waals surface area (Å²) in [6.07, 6.45) is 0. The molecule has 2 nitrogen and oxygen atoms in total. The summed E-state index contributed by atoms with van der Waals surface area (Å²) >= 11 is 17.0. The number of thiocarbonyl (C=S) groups is 1. The maximum Gasteiger partial charge on any atom is 0.107 e. The quantitative estimate of drug-likeness (QED) is 0.826. The Morgan fingerprint density at radius 3 is 2.50 bits per heavy atom. The largest absolute Gasteiger partial charge is 0.389 e. The van der Waals surface area contributed by atoms with E-state index in [1.54, 1.807) is 12.1 Å². The number of rotatable bonds is 3. The van der Waals surface area contributed by atoms with Crippen molar-refractivity contribution in [2.24, 2.45) is 5.73 Å². The van der Waals surface area contributed by atoms with Crippen LogP contribution in [0.2, 0.25) is 10.0 Å². The van der Waals surface area contributed by atoms with E-state index in [0.29, 0.717) is 15.6 Å². The third kappa shape index (κ3) is 2.93. The molecule has 0 spiro atoms. The zero-order valence-electron chi connectivity index (χ0n) is 9.28. The third-order valence-electron chi connectivity index (χ3n) is 2.36. The van der Waals surface area contributed by atoms with E-state index in [9.17, 15) is 0 Å². The standard InChI is InChI=1S/C13H10Cl2N2S/c14-8-3-1-4-9(7-8)17-11-6-2-5-10(15)12(11)13(16)18/h1-7,17H,(H2,16,18). The predicted molar refractivity (Wildman–Crippen MR) is 82.1 cm³/mol. The first-order valence-electron chi connectivity index (χ1n) is 5.19. The number of hydrogen-bond acceptors (Lipinski definition) is 2. The lowest BCUT2D eigenvalue weighted by Crippen LogP contribution is -2.12. The number of anilines is 2. The minimum Gasteiger partial charge on any atom is -0.389 e. The van der Waals surface area contributed by atoms with E-state index < -0.39 is 0 Å². The van der Waals surface area contributed by atoms with Crippen LogP contribution >= 0.6 is 35.4 Å². The Labute approximate surface area is 121 Å². The lowest BCUT2D eigenvalue weighted by molar-refractivity contribution is 1.52. The van der Waals surface area contributed by atoms with E-state index in [4.69, 9.17) is 41.2 Å². The maximum atomic E-state index is 6.09. The van der Waals surface area contributed by atoms with Crippen molar-refractivity contribution in [1.29, 1.82) is 0 Å². The molecule has 0 aromatic heterocycles. The lowest BCUT2D eigenvalue weighted by Gasteiger charge is -2.12. The molecule has 2 aromatic carbocycles. The van der Waals surface area contributed by atoms with E-state index in [2.05, 4.69) is 5.32 Å². The minimum atomic E-state index is 0.255. The summed E-state index contributed by atoms with van der Waals surface area (Å²) in [4.78, 5) is 0.255. The fourth-order valence-corrected chi connectivity index (χ4v) is 2.34. The maximum absolute atomic E-state index is 6.09. The molecule has 2 rings (SSSR count). The molecule has 0 radical (unpaired) electrons. The van der Waals surface area contributed by atoms with E-state index >= 15 is 0 Å². The molecule has 0 fully saturated rings. The number of hydrogen-bond donors (Lipinski definition) is 2. The smallest absolute Gasteiger partial charge is 0.107 e. The van der Waals surface area contributed by atoms with Crippen LogP contribution in [0.3, 0.4) is 0 Å². The Bertz CT molecular complexity index is 599. The van der Waals surface area contributed by atoms with E-state index in [1.807, 2.05) is 30.3 Å². The molecule has 0 aliphatic rings. The topological polar surface area (TPSA) is 38.0 Å². The number of nitrogens with one attached hydrogen (secondary N) is 1. The van der Waals surface area contributed by atoms with Gasteiger partial charge < -0.3 is 11.1 Å². The Kier molecular flexibility index (Phi) is 4.07. The highest BCUT2D eigenvalue weighted by Gasteiger charge is 2.09. The van der Waals surface area contributed by atoms with Gasteiger partial charge in [-0.3, -0.25) is 0 Å². The van der Waals surface area contributed by atoms with Gasteiger partial charge in [0.05, 0.1) is 16.3 Å². The molecular formula is C13H10Cl2N2S. The van der Waals surface area contributed by atoms with Crippen LogP contribution in [0, 0.1) is 0 Å². The van der Waals surface area contributed by atoms with Gasteiger partial charge in [0.15, 0.2) is 0 Å². The normalized spacial score (nSPS) is 10.1. The van der Waals surface area contributed by atoms with Crippen molar-refractivity contribution in [3.63, 3.8) is 0 Å². The summed E-state index contributed by atoms with van der Waals surface area (Å²) in [6.45, 7) is 0. The summed E-state index contributed by atoms with van der Waals surface area (Å²) in [6, 6.07) is 12.8. The molecule has 0 saturated heterocycles. The summed E-state index contributed by atoms with van der Waals surface area (Å²) < 4.78 is 0. The van der Waals surface area contributed by atoms with Gasteiger partial charge in [-0.2, -0.15) is 0 Å². The number of benzene rings is 2. The van der Waals surface area contributed by atoms with E-state index in [0.717, 1.165) is 11.4 Å². The first kappa shape index (κ1) is 13.1. The van der Waals surface area contributed by atoms with Crippen LogP contribution < -0.4 is 11.1 Å². The summed E-state index contributed by atoms with van der Waals surface area (Å²) in [5.41, 5.74) is 7.92. The fourth-order valence-electron chi connectivity index (χ4n) is 1.60. The van der Waals surface area contributed by atoms with Gasteiger partial charge in [0, 0.05) is 10.7 Å². The molecule has 2 aromatic rings. The summed E-state index contributed by atoms with van der Waals surface area (Å²) in [5.74, 6) is 0. The van der Waals surface area contributed by atoms with Gasteiger partial charge in [0.2, 0.25) is 0 Å². The molecule has 0 saturated carbocycles. The van der Waals surface area contributed by atoms with Gasteiger partial charge in [0.1, 0.15) is 4.99 Å². The molecule has 92 valence electrons. The second kappa shape index (κ2) is 5.57. The van der Waals surface area contributed by atoms with Gasteiger partial charge >= 0.3 is 0 Å². The average molecular weight is 297 g/mol. The van der Waals surface area contributed by atoms with Crippen LogP contribution in [0.1, 0.15) is 5.56 Å². The summed E-state index contributed by atoms with van der Waals surface area (Å²) in [7, 11) is 0. The molecular weight excluding hydrogens is 287 g/mol. The molecule has 0 aliphatic heterocycles. The molecule has 0 unspecified atom stereocenters. The highest BCUT2D eigenvalue weighted by Crippen LogP contribution is 2.28. The monoisotopic (exact) mass is 296 g/mol. The van der Waals surface area contributed by atoms with Crippen molar-refractivity contribution in [2.45, 2.75) is 0 Å². The van der Waals surface area contributed by atoms with Crippen molar-refractivity contribution in [1.82, 2.24) is 0 Å². The summed E-state index contributed by atoms with van der Waals surface area (Å²) in [5, 5.41) is 4.37. The SMILES string of the molecule is NC(=S)c1c(Cl)cccc1Nc1cccc(Cl)c1. The Morgan fingerprint density at radius 2 is 1.83 bits per heavy atom. The highest BCUT2D eigenvalue weighted by atomic mass is 35.5. The van der Waals surface area contributed by atoms with Gasteiger partial charge in [0.25, 0.3) is 0 Å². The van der Waals surface area contributed by atoms with Crippen LogP contribution in [0.15, 0.2) is 42.5 Å². The molecule has 3 N–H and O–H groups in total. The van der Waals surface area contributed by atoms with E-state index in [1.165, 1.54) is 0 Å². The molecule has 0 amide bonds. The number of nitrogens with two attached hydrogens (primary N) is 1. The average Bonchev–Trinajstić information content (AvgIpc) is 2.28. The molecule has 0 heterocycles. The molecule has 0 bridgehead atoms. The Morgan fingerprint density at radius 1 is 1.11 bits per heavy atom. The van der Waals surface area contributed by atoms with Gasteiger partial charge in [-0.1, -0.05) is 47.6 Å². The van der Waals surface area contributed by atoms with E-state index in [-0.39, 0.29) is 4.99 Å². The molecule has 0 aliphatic carbocycles. The zero-order valence-corrected chi connectivity index (χ0v) is 11.6. The van der Waals surface area contributed by atoms with Crippen molar-refractivity contribution in [2.75, 3.05) is 5.32 Å². The predicted octanol–water partition coefficient (Wildman–Crippen LogP) is 4.37. The zero-order chi connectivity index (χ0) is 13.1. The van der Waals surface area contributed by atoms with Crippen LogP contribution in [-0.2, 0) is 0 Å². The minimum absolute atomic E-state index is 0.255.